The molecule has 1 heterocycles. The first-order valence-corrected chi connectivity index (χ1v) is 6.41. The monoisotopic (exact) mass is 234 g/mol. The molecule has 1 aromatic carbocycles. The summed E-state index contributed by atoms with van der Waals surface area (Å²) in [6, 6.07) is 4.34. The van der Waals surface area contributed by atoms with Crippen LogP contribution in [0.5, 0.6) is 0 Å². The summed E-state index contributed by atoms with van der Waals surface area (Å²) in [6.07, 6.45) is 0. The lowest BCUT2D eigenvalue weighted by Crippen LogP contribution is -1.88. The van der Waals surface area contributed by atoms with Crippen LogP contribution in [-0.2, 0) is 9.05 Å². The standard InChI is InChI=1S/C7H4ClNO2S2/c8-13(10,11)5-1-2-6-7(3-5)12-4-9-6/h1-4H/i4D. The zero-order chi connectivity index (χ0) is 10.3. The lowest BCUT2D eigenvalue weighted by Gasteiger charge is -1.94. The Labute approximate surface area is 84.8 Å². The van der Waals surface area contributed by atoms with Crippen molar-refractivity contribution in [3.63, 3.8) is 0 Å². The van der Waals surface area contributed by atoms with E-state index < -0.39 is 9.05 Å². The maximum absolute atomic E-state index is 11.0. The van der Waals surface area contributed by atoms with Crippen molar-refractivity contribution in [1.29, 1.82) is 0 Å². The highest BCUT2D eigenvalue weighted by Gasteiger charge is 2.10. The number of benzene rings is 1. The molecule has 0 aliphatic heterocycles. The molecule has 1 aromatic heterocycles. The second-order valence-electron chi connectivity index (χ2n) is 2.37. The van der Waals surface area contributed by atoms with Crippen molar-refractivity contribution in [2.75, 3.05) is 0 Å². The molecule has 0 fully saturated rings. The molecule has 0 bridgehead atoms. The molecule has 0 aliphatic rings. The van der Waals surface area contributed by atoms with Crippen LogP contribution in [0.15, 0.2) is 28.6 Å². The van der Waals surface area contributed by atoms with Crippen LogP contribution in [0, 0.1) is 0 Å². The normalized spacial score (nSPS) is 13.2. The quantitative estimate of drug-likeness (QED) is 0.711. The molecule has 2 aromatic rings. The molecule has 3 nitrogen and oxygen atoms in total. The number of fused-ring (bicyclic) bond motifs is 1. The van der Waals surface area contributed by atoms with Crippen LogP contribution in [0.25, 0.3) is 10.2 Å². The molecule has 0 N–H and O–H groups in total. The average Bonchev–Trinajstić information content (AvgIpc) is 2.41. The maximum Gasteiger partial charge on any atom is 0.261 e. The van der Waals surface area contributed by atoms with Gasteiger partial charge >= 0.3 is 0 Å². The lowest BCUT2D eigenvalue weighted by molar-refractivity contribution is 0.609. The summed E-state index contributed by atoms with van der Waals surface area (Å²) in [5.41, 5.74) is 0.771. The number of aromatic nitrogens is 1. The summed E-state index contributed by atoms with van der Waals surface area (Å²) < 4.78 is 29.9. The molecular weight excluding hydrogens is 230 g/mol. The average molecular weight is 235 g/mol. The summed E-state index contributed by atoms with van der Waals surface area (Å²) >= 11 is 1.11. The minimum atomic E-state index is -3.70. The highest BCUT2D eigenvalue weighted by Crippen LogP contribution is 2.23. The van der Waals surface area contributed by atoms with Gasteiger partial charge in [0.25, 0.3) is 9.05 Å². The van der Waals surface area contributed by atoms with Gasteiger partial charge in [-0.3, -0.25) is 0 Å². The van der Waals surface area contributed by atoms with Gasteiger partial charge in [-0.1, -0.05) is 0 Å². The molecule has 0 saturated heterocycles. The first-order valence-electron chi connectivity index (χ1n) is 3.79. The SMILES string of the molecule is [2H]c1nc2ccc(S(=O)(=O)Cl)cc2s1. The molecular formula is C7H4ClNO2S2. The van der Waals surface area contributed by atoms with E-state index in [0.717, 1.165) is 11.3 Å². The number of nitrogens with zero attached hydrogens (tertiary/aromatic N) is 1. The van der Waals surface area contributed by atoms with Crippen molar-refractivity contribution < 1.29 is 9.79 Å². The Balaban J connectivity index is 2.74. The van der Waals surface area contributed by atoms with E-state index in [-0.39, 0.29) is 10.4 Å². The fourth-order valence-corrected chi connectivity index (χ4v) is 2.44. The van der Waals surface area contributed by atoms with E-state index in [4.69, 9.17) is 12.1 Å². The number of halogens is 1. The van der Waals surface area contributed by atoms with Crippen LogP contribution in [-0.4, -0.2) is 13.4 Å². The molecule has 0 atom stereocenters. The van der Waals surface area contributed by atoms with E-state index in [2.05, 4.69) is 4.98 Å². The van der Waals surface area contributed by atoms with Gasteiger partial charge in [-0.15, -0.1) is 11.3 Å². The second kappa shape index (κ2) is 2.94. The van der Waals surface area contributed by atoms with Crippen LogP contribution in [0.2, 0.25) is 0 Å². The molecule has 0 spiro atoms. The number of rotatable bonds is 1. The van der Waals surface area contributed by atoms with E-state index in [1.165, 1.54) is 12.1 Å². The summed E-state index contributed by atoms with van der Waals surface area (Å²) in [6.45, 7) is 0. The third kappa shape index (κ3) is 1.67. The highest BCUT2D eigenvalue weighted by atomic mass is 35.7. The fourth-order valence-electron chi connectivity index (χ4n) is 0.941. The van der Waals surface area contributed by atoms with Gasteiger partial charge in [-0.05, 0) is 18.2 Å². The fraction of sp³-hybridized carbons (Fsp3) is 0. The Bertz CT molecular complexity index is 593. The van der Waals surface area contributed by atoms with E-state index >= 15 is 0 Å². The summed E-state index contributed by atoms with van der Waals surface area (Å²) in [7, 11) is 1.48. The van der Waals surface area contributed by atoms with Crippen molar-refractivity contribution in [2.45, 2.75) is 4.90 Å². The predicted octanol–water partition coefficient (Wildman–Crippen LogP) is 2.22. The van der Waals surface area contributed by atoms with Gasteiger partial charge in [-0.25, -0.2) is 13.4 Å². The van der Waals surface area contributed by atoms with Gasteiger partial charge in [0.1, 0.15) is 0 Å². The van der Waals surface area contributed by atoms with Crippen molar-refractivity contribution in [1.82, 2.24) is 4.98 Å². The molecule has 0 aliphatic carbocycles. The minimum absolute atomic E-state index is 0.0373. The van der Waals surface area contributed by atoms with E-state index in [9.17, 15) is 8.42 Å². The van der Waals surface area contributed by atoms with Crippen molar-refractivity contribution >= 4 is 41.3 Å². The molecule has 0 amide bonds. The molecule has 68 valence electrons. The highest BCUT2D eigenvalue weighted by molar-refractivity contribution is 8.13. The van der Waals surface area contributed by atoms with E-state index in [0.29, 0.717) is 10.2 Å². The van der Waals surface area contributed by atoms with Gasteiger partial charge in [-0.2, -0.15) is 0 Å². The lowest BCUT2D eigenvalue weighted by atomic mass is 10.3. The largest absolute Gasteiger partial charge is 0.261 e. The van der Waals surface area contributed by atoms with Crippen LogP contribution in [0.1, 0.15) is 1.37 Å². The van der Waals surface area contributed by atoms with Gasteiger partial charge in [0.2, 0.25) is 0 Å². The number of thiazole rings is 1. The Morgan fingerprint density at radius 3 is 3.00 bits per heavy atom. The third-order valence-corrected chi connectivity index (χ3v) is 3.62. The molecule has 0 unspecified atom stereocenters. The van der Waals surface area contributed by atoms with Crippen LogP contribution >= 0.6 is 22.0 Å². The maximum atomic E-state index is 11.0. The number of hydrogen-bond acceptors (Lipinski definition) is 4. The minimum Gasteiger partial charge on any atom is -0.245 e. The van der Waals surface area contributed by atoms with Crippen LogP contribution in [0.4, 0.5) is 0 Å². The Morgan fingerprint density at radius 1 is 1.54 bits per heavy atom. The molecule has 2 rings (SSSR count). The summed E-state index contributed by atoms with van der Waals surface area (Å²) in [5.74, 6) is 0. The molecule has 0 radical (unpaired) electrons. The zero-order valence-corrected chi connectivity index (χ0v) is 8.58. The van der Waals surface area contributed by atoms with Crippen molar-refractivity contribution in [2.24, 2.45) is 0 Å². The Morgan fingerprint density at radius 2 is 2.31 bits per heavy atom. The van der Waals surface area contributed by atoms with Crippen molar-refractivity contribution in [3.05, 3.63) is 23.7 Å². The Kier molecular flexibility index (Phi) is 1.74. The van der Waals surface area contributed by atoms with E-state index in [1.807, 2.05) is 0 Å². The van der Waals surface area contributed by atoms with Crippen LogP contribution in [0.3, 0.4) is 0 Å². The summed E-state index contributed by atoms with van der Waals surface area (Å²) in [4.78, 5) is 3.92. The molecule has 0 saturated carbocycles. The topological polar surface area (TPSA) is 47.0 Å². The first-order chi connectivity index (χ1) is 6.47. The molecule has 13 heavy (non-hydrogen) atoms. The van der Waals surface area contributed by atoms with E-state index in [1.54, 1.807) is 6.07 Å². The van der Waals surface area contributed by atoms with Gasteiger partial charge < -0.3 is 0 Å². The smallest absolute Gasteiger partial charge is 0.245 e. The van der Waals surface area contributed by atoms with Crippen molar-refractivity contribution in [3.8, 4) is 0 Å². The van der Waals surface area contributed by atoms with Gasteiger partial charge in [0.05, 0.1) is 22.0 Å². The van der Waals surface area contributed by atoms with Gasteiger partial charge in [0, 0.05) is 10.7 Å². The predicted molar refractivity (Wildman–Crippen MR) is 52.7 cm³/mol. The first kappa shape index (κ1) is 7.73. The second-order valence-corrected chi connectivity index (χ2v) is 5.76. The van der Waals surface area contributed by atoms with Gasteiger partial charge in [0.15, 0.2) is 0 Å². The zero-order valence-electron chi connectivity index (χ0n) is 7.19. The van der Waals surface area contributed by atoms with Crippen LogP contribution < -0.4 is 0 Å². The molecule has 6 heteroatoms. The number of hydrogen-bond donors (Lipinski definition) is 0. The Hall–Kier alpha value is -0.650. The summed E-state index contributed by atoms with van der Waals surface area (Å²) in [5, 5.41) is 0. The third-order valence-electron chi connectivity index (χ3n) is 1.53.